The van der Waals surface area contributed by atoms with E-state index in [2.05, 4.69) is 32.6 Å². The lowest BCUT2D eigenvalue weighted by molar-refractivity contribution is -0.142. The summed E-state index contributed by atoms with van der Waals surface area (Å²) >= 11 is 2.11. The van der Waals surface area contributed by atoms with Crippen LogP contribution in [0.3, 0.4) is 0 Å². The molecule has 2 aromatic rings. The number of esters is 1. The van der Waals surface area contributed by atoms with Crippen LogP contribution in [0.1, 0.15) is 12.5 Å². The van der Waals surface area contributed by atoms with Crippen LogP contribution in [-0.2, 0) is 16.0 Å². The average Bonchev–Trinajstić information content (AvgIpc) is 2.78. The molecule has 94 valence electrons. The van der Waals surface area contributed by atoms with E-state index in [0.29, 0.717) is 6.61 Å². The number of nitrogens with zero attached hydrogens (tertiary/aromatic N) is 3. The van der Waals surface area contributed by atoms with Crippen molar-refractivity contribution in [1.82, 2.24) is 14.5 Å². The summed E-state index contributed by atoms with van der Waals surface area (Å²) < 4.78 is 7.56. The van der Waals surface area contributed by atoms with Gasteiger partial charge in [0.05, 0.1) is 25.4 Å². The second-order valence-electron chi connectivity index (χ2n) is 3.61. The van der Waals surface area contributed by atoms with Gasteiger partial charge in [0, 0.05) is 12.4 Å². The van der Waals surface area contributed by atoms with E-state index in [1.54, 1.807) is 19.3 Å². The Labute approximate surface area is 118 Å². The van der Waals surface area contributed by atoms with Crippen molar-refractivity contribution in [3.63, 3.8) is 0 Å². The van der Waals surface area contributed by atoms with E-state index in [1.165, 1.54) is 0 Å². The van der Waals surface area contributed by atoms with Gasteiger partial charge in [-0.15, -0.1) is 0 Å². The lowest BCUT2D eigenvalue weighted by atomic mass is 10.2. The van der Waals surface area contributed by atoms with Gasteiger partial charge in [-0.1, -0.05) is 0 Å². The zero-order valence-corrected chi connectivity index (χ0v) is 12.0. The normalized spacial score (nSPS) is 10.3. The molecule has 2 heterocycles. The van der Waals surface area contributed by atoms with Crippen LogP contribution in [0.15, 0.2) is 30.9 Å². The molecule has 5 nitrogen and oxygen atoms in total. The van der Waals surface area contributed by atoms with Crippen LogP contribution in [0.2, 0.25) is 0 Å². The van der Waals surface area contributed by atoms with E-state index in [9.17, 15) is 4.79 Å². The van der Waals surface area contributed by atoms with Gasteiger partial charge in [-0.25, -0.2) is 4.98 Å². The highest BCUT2D eigenvalue weighted by atomic mass is 127. The Balaban J connectivity index is 2.13. The Morgan fingerprint density at radius 2 is 2.33 bits per heavy atom. The van der Waals surface area contributed by atoms with Gasteiger partial charge in [0.25, 0.3) is 0 Å². The summed E-state index contributed by atoms with van der Waals surface area (Å²) in [6, 6.07) is 1.87. The number of hydrogen-bond acceptors (Lipinski definition) is 4. The Morgan fingerprint density at radius 1 is 1.50 bits per heavy atom. The summed E-state index contributed by atoms with van der Waals surface area (Å²) in [7, 11) is 0. The Bertz CT molecular complexity index is 554. The summed E-state index contributed by atoms with van der Waals surface area (Å²) in [5.41, 5.74) is 0.897. The van der Waals surface area contributed by atoms with Gasteiger partial charge in [0.2, 0.25) is 0 Å². The quantitative estimate of drug-likeness (QED) is 0.620. The highest BCUT2D eigenvalue weighted by Gasteiger charge is 2.07. The van der Waals surface area contributed by atoms with Gasteiger partial charge in [0.15, 0.2) is 5.82 Å². The molecule has 6 heteroatoms. The molecule has 0 bridgehead atoms. The van der Waals surface area contributed by atoms with Gasteiger partial charge in [-0.2, -0.15) is 0 Å². The highest BCUT2D eigenvalue weighted by molar-refractivity contribution is 14.1. The fourth-order valence-electron chi connectivity index (χ4n) is 1.52. The molecule has 0 N–H and O–H groups in total. The molecule has 18 heavy (non-hydrogen) atoms. The van der Waals surface area contributed by atoms with Crippen LogP contribution in [0.5, 0.6) is 0 Å². The van der Waals surface area contributed by atoms with Gasteiger partial charge in [0.1, 0.15) is 3.70 Å². The molecule has 0 spiro atoms. The first kappa shape index (κ1) is 13.0. The maximum atomic E-state index is 11.4. The second-order valence-corrected chi connectivity index (χ2v) is 4.71. The first-order valence-corrected chi connectivity index (χ1v) is 6.57. The van der Waals surface area contributed by atoms with E-state index in [0.717, 1.165) is 15.1 Å². The summed E-state index contributed by atoms with van der Waals surface area (Å²) in [5.74, 6) is 0.515. The van der Waals surface area contributed by atoms with Crippen molar-refractivity contribution in [2.24, 2.45) is 0 Å². The fourth-order valence-corrected chi connectivity index (χ4v) is 1.93. The molecule has 0 amide bonds. The van der Waals surface area contributed by atoms with Crippen LogP contribution < -0.4 is 0 Å². The predicted molar refractivity (Wildman–Crippen MR) is 74.4 cm³/mol. The maximum Gasteiger partial charge on any atom is 0.310 e. The zero-order chi connectivity index (χ0) is 13.0. The topological polar surface area (TPSA) is 57.0 Å². The molecule has 0 saturated heterocycles. The molecule has 0 aliphatic rings. The average molecular weight is 357 g/mol. The minimum Gasteiger partial charge on any atom is -0.466 e. The molecule has 0 saturated carbocycles. The molecule has 2 aromatic heterocycles. The minimum atomic E-state index is -0.219. The van der Waals surface area contributed by atoms with Gasteiger partial charge in [-0.05, 0) is 41.1 Å². The molecule has 0 atom stereocenters. The molecular weight excluding hydrogens is 345 g/mol. The van der Waals surface area contributed by atoms with Crippen molar-refractivity contribution in [3.05, 3.63) is 40.1 Å². The van der Waals surface area contributed by atoms with Crippen molar-refractivity contribution in [2.45, 2.75) is 13.3 Å². The standard InChI is InChI=1S/C12H12IN3O2/c1-2-18-12(17)5-9-3-4-16(8-9)11-7-14-6-10(13)15-11/h3-4,6-8H,2,5H2,1H3. The van der Waals surface area contributed by atoms with Gasteiger partial charge in [-0.3, -0.25) is 9.78 Å². The van der Waals surface area contributed by atoms with Crippen LogP contribution in [0.4, 0.5) is 0 Å². The van der Waals surface area contributed by atoms with E-state index in [4.69, 9.17) is 4.74 Å². The Kier molecular flexibility index (Phi) is 4.29. The molecule has 0 fully saturated rings. The van der Waals surface area contributed by atoms with E-state index in [-0.39, 0.29) is 12.4 Å². The predicted octanol–water partition coefficient (Wildman–Crippen LogP) is 1.98. The number of carbonyl (C=O) groups is 1. The molecule has 0 aromatic carbocycles. The summed E-state index contributed by atoms with van der Waals surface area (Å²) in [6.07, 6.45) is 7.35. The third-order valence-electron chi connectivity index (χ3n) is 2.26. The third-order valence-corrected chi connectivity index (χ3v) is 2.78. The maximum absolute atomic E-state index is 11.4. The van der Waals surface area contributed by atoms with E-state index >= 15 is 0 Å². The highest BCUT2D eigenvalue weighted by Crippen LogP contribution is 2.10. The first-order valence-electron chi connectivity index (χ1n) is 5.49. The summed E-state index contributed by atoms with van der Waals surface area (Å²) in [5, 5.41) is 0. The number of halogens is 1. The van der Waals surface area contributed by atoms with Crippen LogP contribution in [0.25, 0.3) is 5.82 Å². The number of ether oxygens (including phenoxy) is 1. The van der Waals surface area contributed by atoms with E-state index < -0.39 is 0 Å². The fraction of sp³-hybridized carbons (Fsp3) is 0.250. The van der Waals surface area contributed by atoms with Crippen LogP contribution in [0, 0.1) is 3.70 Å². The first-order chi connectivity index (χ1) is 8.69. The van der Waals surface area contributed by atoms with Crippen molar-refractivity contribution in [3.8, 4) is 5.82 Å². The molecule has 0 aliphatic heterocycles. The number of aromatic nitrogens is 3. The van der Waals surface area contributed by atoms with Crippen LogP contribution in [-0.4, -0.2) is 27.1 Å². The minimum absolute atomic E-state index is 0.219. The van der Waals surface area contributed by atoms with E-state index in [1.807, 2.05) is 23.0 Å². The van der Waals surface area contributed by atoms with Crippen molar-refractivity contribution in [2.75, 3.05) is 6.61 Å². The smallest absolute Gasteiger partial charge is 0.310 e. The molecule has 0 radical (unpaired) electrons. The van der Waals surface area contributed by atoms with Gasteiger partial charge < -0.3 is 9.30 Å². The second kappa shape index (κ2) is 5.94. The summed E-state index contributed by atoms with van der Waals surface area (Å²) in [4.78, 5) is 19.8. The molecular formula is C12H12IN3O2. The molecule has 2 rings (SSSR count). The lowest BCUT2D eigenvalue weighted by Crippen LogP contribution is -2.06. The largest absolute Gasteiger partial charge is 0.466 e. The van der Waals surface area contributed by atoms with Crippen molar-refractivity contribution in [1.29, 1.82) is 0 Å². The van der Waals surface area contributed by atoms with Crippen molar-refractivity contribution < 1.29 is 9.53 Å². The monoisotopic (exact) mass is 357 g/mol. The number of carbonyl (C=O) groups excluding carboxylic acids is 1. The zero-order valence-electron chi connectivity index (χ0n) is 9.84. The van der Waals surface area contributed by atoms with Crippen LogP contribution >= 0.6 is 22.6 Å². The summed E-state index contributed by atoms with van der Waals surface area (Å²) in [6.45, 7) is 2.20. The Hall–Kier alpha value is -1.44. The third kappa shape index (κ3) is 3.28. The Morgan fingerprint density at radius 3 is 3.06 bits per heavy atom. The molecule has 0 aliphatic carbocycles. The van der Waals surface area contributed by atoms with Gasteiger partial charge >= 0.3 is 5.97 Å². The molecule has 0 unspecified atom stereocenters. The number of hydrogen-bond donors (Lipinski definition) is 0. The van der Waals surface area contributed by atoms with Crippen molar-refractivity contribution >= 4 is 28.6 Å². The SMILES string of the molecule is CCOC(=O)Cc1ccn(-c2cncc(I)n2)c1. The lowest BCUT2D eigenvalue weighted by Gasteiger charge is -2.01. The number of rotatable bonds is 4.